The summed E-state index contributed by atoms with van der Waals surface area (Å²) < 4.78 is 0. The van der Waals surface area contributed by atoms with E-state index in [9.17, 15) is 0 Å². The largest absolute Gasteiger partial charge is 0.390 e. The quantitative estimate of drug-likeness (QED) is 0.302. The van der Waals surface area contributed by atoms with Crippen LogP contribution in [0, 0.1) is 0 Å². The van der Waals surface area contributed by atoms with Gasteiger partial charge >= 0.3 is 0 Å². The molecule has 0 aromatic heterocycles. The predicted molar refractivity (Wildman–Crippen MR) is 47.7 cm³/mol. The highest BCUT2D eigenvalue weighted by molar-refractivity contribution is 4.86. The molecule has 0 heterocycles. The summed E-state index contributed by atoms with van der Waals surface area (Å²) >= 11 is 0. The fourth-order valence-electron chi connectivity index (χ4n) is 0.990. The highest BCUT2D eigenvalue weighted by atomic mass is 16.5. The lowest BCUT2D eigenvalue weighted by Gasteiger charge is -2.09. The highest BCUT2D eigenvalue weighted by Crippen LogP contribution is 2.17. The van der Waals surface area contributed by atoms with E-state index in [2.05, 4.69) is 0 Å². The lowest BCUT2D eigenvalue weighted by atomic mass is 10.2. The van der Waals surface area contributed by atoms with Crippen molar-refractivity contribution in [1.29, 1.82) is 0 Å². The molecule has 0 bridgehead atoms. The van der Waals surface area contributed by atoms with Gasteiger partial charge in [0.05, 0.1) is 12.2 Å². The molecule has 13 heavy (non-hydrogen) atoms. The van der Waals surface area contributed by atoms with Crippen LogP contribution in [-0.4, -0.2) is 44.5 Å². The first-order valence-electron chi connectivity index (χ1n) is 4.28. The molecule has 0 aromatic carbocycles. The van der Waals surface area contributed by atoms with Gasteiger partial charge < -0.3 is 26.2 Å². The van der Waals surface area contributed by atoms with Crippen LogP contribution in [0.3, 0.4) is 0 Å². The van der Waals surface area contributed by atoms with Gasteiger partial charge in [-0.25, -0.2) is 0 Å². The minimum absolute atomic E-state index is 0.204. The second kappa shape index (κ2) is 4.88. The molecule has 0 aromatic rings. The SMILES string of the molecule is CC(C)(O)O.NC1CCC(O)C1O. The van der Waals surface area contributed by atoms with Crippen molar-refractivity contribution in [2.45, 2.75) is 50.7 Å². The number of rotatable bonds is 0. The molecule has 0 radical (unpaired) electrons. The zero-order chi connectivity index (χ0) is 10.6. The third-order valence-electron chi connectivity index (χ3n) is 1.63. The summed E-state index contributed by atoms with van der Waals surface area (Å²) in [6.45, 7) is 2.60. The maximum absolute atomic E-state index is 8.89. The van der Waals surface area contributed by atoms with E-state index in [1.165, 1.54) is 13.8 Å². The molecule has 0 saturated heterocycles. The zero-order valence-corrected chi connectivity index (χ0v) is 8.01. The van der Waals surface area contributed by atoms with Crippen molar-refractivity contribution in [1.82, 2.24) is 0 Å². The van der Waals surface area contributed by atoms with Crippen LogP contribution in [0.4, 0.5) is 0 Å². The topological polar surface area (TPSA) is 107 Å². The van der Waals surface area contributed by atoms with Crippen LogP contribution < -0.4 is 5.73 Å². The van der Waals surface area contributed by atoms with E-state index in [1.54, 1.807) is 0 Å². The van der Waals surface area contributed by atoms with Crippen molar-refractivity contribution in [3.8, 4) is 0 Å². The van der Waals surface area contributed by atoms with E-state index >= 15 is 0 Å². The molecule has 1 fully saturated rings. The summed E-state index contributed by atoms with van der Waals surface area (Å²) in [5.74, 6) is -1.50. The van der Waals surface area contributed by atoms with E-state index in [1.807, 2.05) is 0 Å². The molecule has 5 heteroatoms. The van der Waals surface area contributed by atoms with E-state index in [0.717, 1.165) is 6.42 Å². The smallest absolute Gasteiger partial charge is 0.156 e. The summed E-state index contributed by atoms with van der Waals surface area (Å²) in [4.78, 5) is 0. The first-order valence-corrected chi connectivity index (χ1v) is 4.28. The maximum atomic E-state index is 8.89. The van der Waals surface area contributed by atoms with Crippen LogP contribution in [-0.2, 0) is 0 Å². The molecule has 1 aliphatic carbocycles. The van der Waals surface area contributed by atoms with Crippen molar-refractivity contribution in [3.63, 3.8) is 0 Å². The molecule has 6 N–H and O–H groups in total. The van der Waals surface area contributed by atoms with Gasteiger partial charge in [0.1, 0.15) is 0 Å². The normalized spacial score (nSPS) is 33.9. The van der Waals surface area contributed by atoms with E-state index in [-0.39, 0.29) is 6.04 Å². The number of nitrogens with two attached hydrogens (primary N) is 1. The van der Waals surface area contributed by atoms with Crippen LogP contribution in [0.25, 0.3) is 0 Å². The lowest BCUT2D eigenvalue weighted by molar-refractivity contribution is -0.127. The first-order chi connectivity index (χ1) is 5.72. The first kappa shape index (κ1) is 12.8. The zero-order valence-electron chi connectivity index (χ0n) is 8.01. The maximum Gasteiger partial charge on any atom is 0.156 e. The molecule has 80 valence electrons. The average Bonchev–Trinajstić information content (AvgIpc) is 2.16. The van der Waals surface area contributed by atoms with Crippen molar-refractivity contribution in [2.24, 2.45) is 5.73 Å². The summed E-state index contributed by atoms with van der Waals surface area (Å²) in [5.41, 5.74) is 5.36. The van der Waals surface area contributed by atoms with Gasteiger partial charge in [-0.1, -0.05) is 0 Å². The van der Waals surface area contributed by atoms with E-state index in [4.69, 9.17) is 26.2 Å². The standard InChI is InChI=1S/C5H11NO2.C3H8O2/c6-3-1-2-4(7)5(3)8;1-3(2,4)5/h3-5,7-8H,1-2,6H2;4-5H,1-2H3. The van der Waals surface area contributed by atoms with Gasteiger partial charge in [0.15, 0.2) is 5.79 Å². The van der Waals surface area contributed by atoms with Crippen LogP contribution >= 0.6 is 0 Å². The average molecular weight is 193 g/mol. The molecule has 5 nitrogen and oxygen atoms in total. The minimum Gasteiger partial charge on any atom is -0.390 e. The molecule has 1 rings (SSSR count). The summed E-state index contributed by atoms with van der Waals surface area (Å²) in [5, 5.41) is 33.9. The van der Waals surface area contributed by atoms with Crippen molar-refractivity contribution in [3.05, 3.63) is 0 Å². The summed E-state index contributed by atoms with van der Waals surface area (Å²) in [6, 6.07) is -0.204. The van der Waals surface area contributed by atoms with Gasteiger partial charge in [-0.2, -0.15) is 0 Å². The molecule has 3 unspecified atom stereocenters. The van der Waals surface area contributed by atoms with Gasteiger partial charge in [-0.3, -0.25) is 0 Å². The number of aliphatic hydroxyl groups is 4. The minimum atomic E-state index is -1.50. The third-order valence-corrected chi connectivity index (χ3v) is 1.63. The Hall–Kier alpha value is -0.200. The van der Waals surface area contributed by atoms with Gasteiger partial charge in [0, 0.05) is 6.04 Å². The Morgan fingerprint density at radius 3 is 1.62 bits per heavy atom. The molecule has 0 aliphatic heterocycles. The Labute approximate surface area is 77.8 Å². The van der Waals surface area contributed by atoms with E-state index in [0.29, 0.717) is 6.42 Å². The summed E-state index contributed by atoms with van der Waals surface area (Å²) in [7, 11) is 0. The Bertz CT molecular complexity index is 130. The summed E-state index contributed by atoms with van der Waals surface area (Å²) in [6.07, 6.45) is 0.116. The second-order valence-electron chi connectivity index (χ2n) is 3.79. The number of hydrogen-bond donors (Lipinski definition) is 5. The van der Waals surface area contributed by atoms with Crippen LogP contribution in [0.5, 0.6) is 0 Å². The van der Waals surface area contributed by atoms with Crippen LogP contribution in [0.2, 0.25) is 0 Å². The van der Waals surface area contributed by atoms with Crippen molar-refractivity contribution >= 4 is 0 Å². The molecule has 0 spiro atoms. The molecule has 1 saturated carbocycles. The second-order valence-corrected chi connectivity index (χ2v) is 3.79. The fraction of sp³-hybridized carbons (Fsp3) is 1.00. The Morgan fingerprint density at radius 2 is 1.54 bits per heavy atom. The van der Waals surface area contributed by atoms with Gasteiger partial charge in [0.2, 0.25) is 0 Å². The van der Waals surface area contributed by atoms with Crippen LogP contribution in [0.1, 0.15) is 26.7 Å². The van der Waals surface area contributed by atoms with Crippen molar-refractivity contribution in [2.75, 3.05) is 0 Å². The molecule has 3 atom stereocenters. The third kappa shape index (κ3) is 6.92. The monoisotopic (exact) mass is 193 g/mol. The lowest BCUT2D eigenvalue weighted by Crippen LogP contribution is -2.34. The fourth-order valence-corrected chi connectivity index (χ4v) is 0.990. The number of hydrogen-bond acceptors (Lipinski definition) is 5. The number of aliphatic hydroxyl groups excluding tert-OH is 2. The molecule has 0 amide bonds. The van der Waals surface area contributed by atoms with Crippen LogP contribution in [0.15, 0.2) is 0 Å². The van der Waals surface area contributed by atoms with Crippen molar-refractivity contribution < 1.29 is 20.4 Å². The van der Waals surface area contributed by atoms with Gasteiger partial charge in [-0.05, 0) is 26.7 Å². The highest BCUT2D eigenvalue weighted by Gasteiger charge is 2.29. The predicted octanol–water partition coefficient (Wildman–Crippen LogP) is -1.46. The molecular weight excluding hydrogens is 174 g/mol. The Morgan fingerprint density at radius 1 is 1.15 bits per heavy atom. The Kier molecular flexibility index (Phi) is 4.80. The van der Waals surface area contributed by atoms with E-state index < -0.39 is 18.0 Å². The van der Waals surface area contributed by atoms with Gasteiger partial charge in [0.25, 0.3) is 0 Å². The van der Waals surface area contributed by atoms with Gasteiger partial charge in [-0.15, -0.1) is 0 Å². The Balaban J connectivity index is 0.000000252. The molecular formula is C8H19NO4. The molecule has 1 aliphatic rings.